The zero-order chi connectivity index (χ0) is 14.7. The predicted molar refractivity (Wildman–Crippen MR) is 75.3 cm³/mol. The van der Waals surface area contributed by atoms with E-state index in [4.69, 9.17) is 0 Å². The van der Waals surface area contributed by atoms with E-state index in [2.05, 4.69) is 5.32 Å². The van der Waals surface area contributed by atoms with Crippen LogP contribution >= 0.6 is 0 Å². The molecule has 2 N–H and O–H groups in total. The van der Waals surface area contributed by atoms with Gasteiger partial charge < -0.3 is 15.3 Å². The van der Waals surface area contributed by atoms with E-state index in [0.29, 0.717) is 19.5 Å². The molecule has 1 aromatic rings. The third kappa shape index (κ3) is 2.67. The van der Waals surface area contributed by atoms with E-state index in [-0.39, 0.29) is 11.8 Å². The van der Waals surface area contributed by atoms with Gasteiger partial charge in [-0.3, -0.25) is 4.79 Å². The Bertz CT molecular complexity index is 516. The molecule has 20 heavy (non-hydrogen) atoms. The van der Waals surface area contributed by atoms with Crippen LogP contribution in [0.1, 0.15) is 24.1 Å². The zero-order valence-corrected chi connectivity index (χ0v) is 11.8. The van der Waals surface area contributed by atoms with Crippen molar-refractivity contribution in [2.24, 2.45) is 5.92 Å². The molecule has 0 saturated heterocycles. The number of fused-ring (bicyclic) bond motifs is 1. The van der Waals surface area contributed by atoms with E-state index < -0.39 is 12.0 Å². The summed E-state index contributed by atoms with van der Waals surface area (Å²) in [6, 6.07) is 6.59. The summed E-state index contributed by atoms with van der Waals surface area (Å²) in [4.78, 5) is 25.5. The van der Waals surface area contributed by atoms with Crippen LogP contribution in [0.15, 0.2) is 24.3 Å². The van der Waals surface area contributed by atoms with Gasteiger partial charge in [-0.05, 0) is 24.6 Å². The fourth-order valence-corrected chi connectivity index (χ4v) is 2.75. The normalized spacial score (nSPS) is 19.3. The molecular formula is C15H20N2O3. The second-order valence-electron chi connectivity index (χ2n) is 5.18. The maximum Gasteiger partial charge on any atom is 0.331 e. The Labute approximate surface area is 118 Å². The minimum Gasteiger partial charge on any atom is -0.479 e. The summed E-state index contributed by atoms with van der Waals surface area (Å²) in [5.74, 6) is -1.31. The van der Waals surface area contributed by atoms with Gasteiger partial charge in [0.15, 0.2) is 6.04 Å². The molecule has 2 rings (SSSR count). The first-order valence-electron chi connectivity index (χ1n) is 6.82. The lowest BCUT2D eigenvalue weighted by molar-refractivity contribution is -0.152. The average molecular weight is 276 g/mol. The number of nitrogens with zero attached hydrogens (tertiary/aromatic N) is 1. The molecule has 0 radical (unpaired) electrons. The lowest BCUT2D eigenvalue weighted by atomic mass is 9.91. The van der Waals surface area contributed by atoms with Gasteiger partial charge in [-0.15, -0.1) is 0 Å². The van der Waals surface area contributed by atoms with Gasteiger partial charge >= 0.3 is 5.97 Å². The number of aliphatic carboxylic acids is 1. The Morgan fingerprint density at radius 3 is 2.80 bits per heavy atom. The number of hydrogen-bond donors (Lipinski definition) is 2. The first-order chi connectivity index (χ1) is 9.56. The number of nitrogens with one attached hydrogen (secondary N) is 1. The van der Waals surface area contributed by atoms with E-state index in [1.54, 1.807) is 13.1 Å². The SMILES string of the molecule is CNCC(C)C(=O)N1CCc2ccccc2C1C(=O)O. The highest BCUT2D eigenvalue weighted by Crippen LogP contribution is 2.30. The molecule has 1 aliphatic rings. The van der Waals surface area contributed by atoms with Crippen LogP contribution in [0.25, 0.3) is 0 Å². The van der Waals surface area contributed by atoms with Crippen molar-refractivity contribution in [1.82, 2.24) is 10.2 Å². The summed E-state index contributed by atoms with van der Waals surface area (Å²) in [5, 5.41) is 12.5. The molecule has 5 nitrogen and oxygen atoms in total. The van der Waals surface area contributed by atoms with Gasteiger partial charge in [-0.1, -0.05) is 31.2 Å². The summed E-state index contributed by atoms with van der Waals surface area (Å²) in [7, 11) is 1.78. The Morgan fingerprint density at radius 2 is 2.15 bits per heavy atom. The standard InChI is InChI=1S/C15H20N2O3/c1-10(9-16-2)14(18)17-8-7-11-5-3-4-6-12(11)13(17)15(19)20/h3-6,10,13,16H,7-9H2,1-2H3,(H,19,20). The number of carbonyl (C=O) groups is 2. The van der Waals surface area contributed by atoms with Gasteiger partial charge in [-0.25, -0.2) is 4.79 Å². The van der Waals surface area contributed by atoms with Crippen LogP contribution in [0.5, 0.6) is 0 Å². The maximum absolute atomic E-state index is 12.4. The number of amides is 1. The Hall–Kier alpha value is -1.88. The highest BCUT2D eigenvalue weighted by molar-refractivity contribution is 5.86. The van der Waals surface area contributed by atoms with Gasteiger partial charge in [0, 0.05) is 19.0 Å². The Balaban J connectivity index is 2.31. The summed E-state index contributed by atoms with van der Waals surface area (Å²) in [6.45, 7) is 2.82. The number of carboxylic acid groups (broad SMARTS) is 1. The van der Waals surface area contributed by atoms with Crippen molar-refractivity contribution in [2.45, 2.75) is 19.4 Å². The van der Waals surface area contributed by atoms with E-state index in [1.807, 2.05) is 25.1 Å². The Morgan fingerprint density at radius 1 is 1.45 bits per heavy atom. The number of hydrogen-bond acceptors (Lipinski definition) is 3. The average Bonchev–Trinajstić information content (AvgIpc) is 2.45. The predicted octanol–water partition coefficient (Wildman–Crippen LogP) is 1.05. The molecule has 0 bridgehead atoms. The van der Waals surface area contributed by atoms with E-state index in [9.17, 15) is 14.7 Å². The van der Waals surface area contributed by atoms with Crippen LogP contribution < -0.4 is 5.32 Å². The zero-order valence-electron chi connectivity index (χ0n) is 11.8. The van der Waals surface area contributed by atoms with Gasteiger partial charge in [0.2, 0.25) is 5.91 Å². The molecule has 5 heteroatoms. The molecule has 0 aromatic heterocycles. The molecule has 0 aliphatic carbocycles. The van der Waals surface area contributed by atoms with E-state index in [1.165, 1.54) is 4.90 Å². The molecule has 1 aromatic carbocycles. The van der Waals surface area contributed by atoms with Crippen LogP contribution in [0, 0.1) is 5.92 Å². The van der Waals surface area contributed by atoms with Gasteiger partial charge in [-0.2, -0.15) is 0 Å². The van der Waals surface area contributed by atoms with Crippen LogP contribution in [0.2, 0.25) is 0 Å². The third-order valence-corrected chi connectivity index (χ3v) is 3.73. The molecule has 0 spiro atoms. The first-order valence-corrected chi connectivity index (χ1v) is 6.82. The van der Waals surface area contributed by atoms with Gasteiger partial charge in [0.25, 0.3) is 0 Å². The molecule has 2 atom stereocenters. The fourth-order valence-electron chi connectivity index (χ4n) is 2.75. The fraction of sp³-hybridized carbons (Fsp3) is 0.467. The molecule has 0 fully saturated rings. The summed E-state index contributed by atoms with van der Waals surface area (Å²) in [6.07, 6.45) is 0.706. The molecule has 0 saturated carbocycles. The molecular weight excluding hydrogens is 256 g/mol. The highest BCUT2D eigenvalue weighted by atomic mass is 16.4. The quantitative estimate of drug-likeness (QED) is 0.862. The lowest BCUT2D eigenvalue weighted by Crippen LogP contribution is -2.47. The second-order valence-corrected chi connectivity index (χ2v) is 5.18. The van der Waals surface area contributed by atoms with E-state index >= 15 is 0 Å². The van der Waals surface area contributed by atoms with E-state index in [0.717, 1.165) is 11.1 Å². The molecule has 108 valence electrons. The van der Waals surface area contributed by atoms with Crippen LogP contribution in [0.3, 0.4) is 0 Å². The largest absolute Gasteiger partial charge is 0.479 e. The maximum atomic E-state index is 12.4. The third-order valence-electron chi connectivity index (χ3n) is 3.73. The van der Waals surface area contributed by atoms with Crippen LogP contribution in [-0.2, 0) is 16.0 Å². The highest BCUT2D eigenvalue weighted by Gasteiger charge is 2.36. The minimum absolute atomic E-state index is 0.110. The van der Waals surface area contributed by atoms with Crippen molar-refractivity contribution in [3.63, 3.8) is 0 Å². The minimum atomic E-state index is -0.970. The van der Waals surface area contributed by atoms with Crippen molar-refractivity contribution in [1.29, 1.82) is 0 Å². The first kappa shape index (κ1) is 14.5. The summed E-state index contributed by atoms with van der Waals surface area (Å²) in [5.41, 5.74) is 1.75. The van der Waals surface area contributed by atoms with Crippen molar-refractivity contribution in [3.05, 3.63) is 35.4 Å². The Kier molecular flexibility index (Phi) is 4.39. The van der Waals surface area contributed by atoms with Crippen molar-refractivity contribution in [2.75, 3.05) is 20.1 Å². The molecule has 1 heterocycles. The van der Waals surface area contributed by atoms with Crippen LogP contribution in [0.4, 0.5) is 0 Å². The number of rotatable bonds is 4. The molecule has 1 aliphatic heterocycles. The summed E-state index contributed by atoms with van der Waals surface area (Å²) >= 11 is 0. The number of carboxylic acids is 1. The summed E-state index contributed by atoms with van der Waals surface area (Å²) < 4.78 is 0. The van der Waals surface area contributed by atoms with Crippen LogP contribution in [-0.4, -0.2) is 42.0 Å². The molecule has 2 unspecified atom stereocenters. The topological polar surface area (TPSA) is 69.6 Å². The smallest absolute Gasteiger partial charge is 0.331 e. The number of carbonyl (C=O) groups excluding carboxylic acids is 1. The molecule has 1 amide bonds. The lowest BCUT2D eigenvalue weighted by Gasteiger charge is -2.36. The van der Waals surface area contributed by atoms with Gasteiger partial charge in [0.05, 0.1) is 0 Å². The van der Waals surface area contributed by atoms with Crippen molar-refractivity contribution < 1.29 is 14.7 Å². The van der Waals surface area contributed by atoms with Crippen molar-refractivity contribution >= 4 is 11.9 Å². The van der Waals surface area contributed by atoms with Gasteiger partial charge in [0.1, 0.15) is 0 Å². The monoisotopic (exact) mass is 276 g/mol. The second kappa shape index (κ2) is 6.05. The van der Waals surface area contributed by atoms with Crippen molar-refractivity contribution in [3.8, 4) is 0 Å². The number of benzene rings is 1.